The van der Waals surface area contributed by atoms with Gasteiger partial charge in [0, 0.05) is 75.7 Å². The van der Waals surface area contributed by atoms with Gasteiger partial charge in [-0.05, 0) is 97.1 Å². The number of anilines is 8. The second kappa shape index (κ2) is 33.3. The molecule has 3 amide bonds. The molecule has 29 heteroatoms. The number of carboxylic acid groups (broad SMARTS) is 3. The molecule has 0 bridgehead atoms. The van der Waals surface area contributed by atoms with Crippen molar-refractivity contribution in [2.24, 2.45) is 5.92 Å². The maximum Gasteiger partial charge on any atom is 1.00 e. The number of benzene rings is 4. The molecule has 0 fully saturated rings. The van der Waals surface area contributed by atoms with Crippen molar-refractivity contribution in [2.75, 3.05) is 44.6 Å². The summed E-state index contributed by atoms with van der Waals surface area (Å²) in [5, 5.41) is 30.5. The van der Waals surface area contributed by atoms with Crippen LogP contribution in [-0.2, 0) is 63.8 Å². The number of ether oxygens (including phenoxy) is 1. The molecular weight excluding hydrogens is 980 g/mol. The molecular formula is C41H46N8NaO18S2-. The van der Waals surface area contributed by atoms with Crippen molar-refractivity contribution in [3.63, 3.8) is 0 Å². The third kappa shape index (κ3) is 32.5. The van der Waals surface area contributed by atoms with Crippen LogP contribution in [0.15, 0.2) is 121 Å². The minimum absolute atomic E-state index is 0. The number of nitrogens with two attached hydrogens (primary N) is 5. The minimum Gasteiger partial charge on any atom is -1.00 e. The van der Waals surface area contributed by atoms with Crippen molar-refractivity contribution in [1.29, 1.82) is 0 Å². The minimum atomic E-state index is -5.09. The summed E-state index contributed by atoms with van der Waals surface area (Å²) >= 11 is 0. The van der Waals surface area contributed by atoms with Gasteiger partial charge in [-0.15, -0.1) is 12.6 Å². The van der Waals surface area contributed by atoms with E-state index in [9.17, 15) is 51.3 Å². The van der Waals surface area contributed by atoms with Gasteiger partial charge in [0.15, 0.2) is 5.25 Å². The Morgan fingerprint density at radius 1 is 0.629 bits per heavy atom. The number of carbonyl (C=O) groups is 8. The van der Waals surface area contributed by atoms with E-state index in [-0.39, 0.29) is 43.3 Å². The maximum atomic E-state index is 11.5. The standard InChI is InChI=1S/C11H14N2O3.C10H12N2O6S.C10H10N2O3.C6H8N2.C4H2O3.Na.O3S.H/c1-7(6-10(14)15)11(16)13-9-4-2-8(12)3-5-9;11-6-1-3-7(4-2-6)12-9(13)5-8(10(14)15)19(16,17)18;11-7-1-3-8(4-2-7)12-9(13)5-6-10(14)15;7-5-1-2-6(8)4-3-5;5-3-1-2-4(6)7-3;;1-4(2)3;/h2-5,7H,6,12H2,1H3,(H,13,16)(H,14,15);1-4,8H,5,11H2,(H,12,13)(H,14,15)(H,16,17,18);1-6H,11H2,(H,12,13)(H,14,15);1-4H,7-8H2;1-2H;;;/q;;;;;+1;;-1/p-1/b;;6-5-;;;;;. The van der Waals surface area contributed by atoms with Crippen molar-refractivity contribution in [3.8, 4) is 0 Å². The summed E-state index contributed by atoms with van der Waals surface area (Å²) in [4.78, 5) is 85.1. The zero-order valence-corrected chi connectivity index (χ0v) is 40.4. The molecule has 0 saturated heterocycles. The molecule has 2 atom stereocenters. The summed E-state index contributed by atoms with van der Waals surface area (Å²) in [6.07, 6.45) is 2.75. The Morgan fingerprint density at radius 3 is 1.24 bits per heavy atom. The zero-order valence-electron chi connectivity index (χ0n) is 37.8. The van der Waals surface area contributed by atoms with Gasteiger partial charge >= 0.3 is 70.0 Å². The summed E-state index contributed by atoms with van der Waals surface area (Å²) < 4.78 is 61.3. The average molecular weight is 1030 g/mol. The summed E-state index contributed by atoms with van der Waals surface area (Å²) in [6, 6.07) is 26.2. The Labute approximate surface area is 423 Å². The van der Waals surface area contributed by atoms with Crippen molar-refractivity contribution >= 4 is 114 Å². The van der Waals surface area contributed by atoms with E-state index < -0.39 is 80.0 Å². The first-order valence-corrected chi connectivity index (χ1v) is 21.1. The molecule has 70 heavy (non-hydrogen) atoms. The molecule has 0 aromatic heterocycles. The third-order valence-electron chi connectivity index (χ3n) is 7.34. The molecule has 2 unspecified atom stereocenters. The number of amides is 3. The predicted octanol–water partition coefficient (Wildman–Crippen LogP) is -1.65. The van der Waals surface area contributed by atoms with Crippen LogP contribution < -0.4 is 74.2 Å². The third-order valence-corrected chi connectivity index (χ3v) is 8.41. The van der Waals surface area contributed by atoms with Gasteiger partial charge < -0.3 is 70.7 Å². The second-order valence-electron chi connectivity index (χ2n) is 13.0. The number of hydrogen-bond donors (Lipinski definition) is 11. The molecule has 4 aromatic rings. The van der Waals surface area contributed by atoms with Gasteiger partial charge in [0.25, 0.3) is 0 Å². The molecule has 372 valence electrons. The van der Waals surface area contributed by atoms with E-state index in [0.29, 0.717) is 34.1 Å². The van der Waals surface area contributed by atoms with Gasteiger partial charge in [-0.25, -0.2) is 22.8 Å². The van der Waals surface area contributed by atoms with Crippen molar-refractivity contribution in [3.05, 3.63) is 121 Å². The van der Waals surface area contributed by atoms with Gasteiger partial charge in [-0.1, -0.05) is 6.92 Å². The van der Waals surface area contributed by atoms with Crippen LogP contribution >= 0.6 is 0 Å². The molecule has 1 aliphatic rings. The number of nitrogen functional groups attached to an aromatic ring is 5. The molecule has 5 rings (SSSR count). The number of rotatable bonds is 12. The van der Waals surface area contributed by atoms with E-state index >= 15 is 0 Å². The van der Waals surface area contributed by atoms with Crippen LogP contribution in [0, 0.1) is 5.92 Å². The molecule has 1 aliphatic heterocycles. The summed E-state index contributed by atoms with van der Waals surface area (Å²) in [5.41, 5.74) is 31.7. The van der Waals surface area contributed by atoms with Crippen LogP contribution in [0.5, 0.6) is 0 Å². The number of aliphatic carboxylic acids is 3. The molecule has 0 spiro atoms. The summed E-state index contributed by atoms with van der Waals surface area (Å²) in [5.74, 6) is -7.43. The van der Waals surface area contributed by atoms with Crippen LogP contribution in [-0.4, -0.2) is 93.7 Å². The number of nitrogens with one attached hydrogen (secondary N) is 3. The molecule has 16 N–H and O–H groups in total. The van der Waals surface area contributed by atoms with Crippen molar-refractivity contribution < 1.29 is 115 Å². The fourth-order valence-electron chi connectivity index (χ4n) is 4.14. The number of cyclic esters (lactones) is 2. The van der Waals surface area contributed by atoms with Crippen LogP contribution in [0.4, 0.5) is 45.5 Å². The maximum absolute atomic E-state index is 11.5. The van der Waals surface area contributed by atoms with Crippen LogP contribution in [0.25, 0.3) is 0 Å². The Bertz CT molecular complexity index is 2650. The first kappa shape index (κ1) is 63.9. The van der Waals surface area contributed by atoms with Crippen LogP contribution in [0.2, 0.25) is 0 Å². The zero-order chi connectivity index (χ0) is 52.9. The van der Waals surface area contributed by atoms with Gasteiger partial charge in [0.1, 0.15) is 10.1 Å². The van der Waals surface area contributed by atoms with E-state index in [1.165, 1.54) is 24.3 Å². The second-order valence-corrected chi connectivity index (χ2v) is 15.0. The SMILES string of the molecule is CC(CC(=O)O)C(=O)Nc1ccc(N)cc1.Nc1ccc(N)cc1.Nc1ccc(NC(=O)/C=C\C(=O)O)cc1.Nc1ccc(NC(=O)CC(C(=O)O)S(=O)(=O)[O-])cc1.O=C1C=CC(=O)O1.O=S(=O)=O.[H-].[Na+]. The van der Waals surface area contributed by atoms with Gasteiger partial charge in [-0.2, -0.15) is 0 Å². The van der Waals surface area contributed by atoms with Gasteiger partial charge in [-0.3, -0.25) is 24.0 Å². The Morgan fingerprint density at radius 2 is 0.957 bits per heavy atom. The quantitative estimate of drug-likeness (QED) is 0.0189. The smallest absolute Gasteiger partial charge is 1.00 e. The first-order chi connectivity index (χ1) is 32.1. The topological polar surface area (TPSA) is 481 Å². The normalized spacial score (nSPS) is 11.5. The van der Waals surface area contributed by atoms with Crippen LogP contribution in [0.3, 0.4) is 0 Å². The number of carboxylic acids is 3. The summed E-state index contributed by atoms with van der Waals surface area (Å²) in [6.45, 7) is 1.57. The van der Waals surface area contributed by atoms with Crippen molar-refractivity contribution in [1.82, 2.24) is 0 Å². The van der Waals surface area contributed by atoms with E-state index in [1.807, 2.05) is 0 Å². The molecule has 0 radical (unpaired) electrons. The monoisotopic (exact) mass is 1030 g/mol. The van der Waals surface area contributed by atoms with Gasteiger partial charge in [0.05, 0.1) is 12.8 Å². The fraction of sp³-hybridized carbons (Fsp3) is 0.122. The molecule has 0 aliphatic carbocycles. The number of carbonyl (C=O) groups excluding carboxylic acids is 5. The van der Waals surface area contributed by atoms with Crippen molar-refractivity contribution in [2.45, 2.75) is 25.0 Å². The number of hydrogen-bond acceptors (Lipinski definition) is 20. The number of esters is 2. The first-order valence-electron chi connectivity index (χ1n) is 18.7. The average Bonchev–Trinajstić information content (AvgIpc) is 3.64. The van der Waals surface area contributed by atoms with E-state index in [0.717, 1.165) is 35.7 Å². The van der Waals surface area contributed by atoms with Gasteiger partial charge in [0.2, 0.25) is 17.7 Å². The Hall–Kier alpha value is -8.15. The largest absolute Gasteiger partial charge is 1.00 e. The Kier molecular flexibility index (Phi) is 30.5. The molecule has 0 saturated carbocycles. The van der Waals surface area contributed by atoms with E-state index in [4.69, 9.17) is 56.6 Å². The predicted molar refractivity (Wildman–Crippen MR) is 249 cm³/mol. The van der Waals surface area contributed by atoms with Crippen LogP contribution in [0.1, 0.15) is 21.2 Å². The fourth-order valence-corrected chi connectivity index (χ4v) is 4.75. The Balaban J connectivity index is -0.000000820. The molecule has 26 nitrogen and oxygen atoms in total. The summed E-state index contributed by atoms with van der Waals surface area (Å²) in [7, 11) is -8.20. The van der Waals surface area contributed by atoms with E-state index in [1.54, 1.807) is 79.7 Å². The van der Waals surface area contributed by atoms with E-state index in [2.05, 4.69) is 20.7 Å². The molecule has 4 aromatic carbocycles. The molecule has 1 heterocycles.